The lowest BCUT2D eigenvalue weighted by Gasteiger charge is -2.27. The van der Waals surface area contributed by atoms with Crippen LogP contribution in [0.2, 0.25) is 0 Å². The molecule has 0 radical (unpaired) electrons. The molecule has 1 aromatic heterocycles. The van der Waals surface area contributed by atoms with E-state index in [1.807, 2.05) is 35.4 Å². The Morgan fingerprint density at radius 2 is 1.50 bits per heavy atom. The molecule has 30 heavy (non-hydrogen) atoms. The molecular formula is C25H28N4O. The molecule has 3 heterocycles. The van der Waals surface area contributed by atoms with Gasteiger partial charge in [0.25, 0.3) is 5.91 Å². The first-order chi connectivity index (χ1) is 14.8. The molecule has 0 atom stereocenters. The SMILES string of the molecule is O=C(c1cccc(-c2ccc3ncc(N4CCCCC4)nc3c2)c1)N1CCCCC1. The molecule has 2 aliphatic heterocycles. The number of hydrogen-bond donors (Lipinski definition) is 0. The molecule has 2 aromatic carbocycles. The molecule has 0 unspecified atom stereocenters. The van der Waals surface area contributed by atoms with Gasteiger partial charge in [-0.05, 0) is 73.9 Å². The summed E-state index contributed by atoms with van der Waals surface area (Å²) in [7, 11) is 0. The minimum Gasteiger partial charge on any atom is -0.355 e. The van der Waals surface area contributed by atoms with Crippen LogP contribution >= 0.6 is 0 Å². The number of rotatable bonds is 3. The fourth-order valence-corrected chi connectivity index (χ4v) is 4.57. The third-order valence-corrected chi connectivity index (χ3v) is 6.30. The summed E-state index contributed by atoms with van der Waals surface area (Å²) in [5.74, 6) is 1.11. The van der Waals surface area contributed by atoms with Gasteiger partial charge in [0.1, 0.15) is 5.82 Å². The molecule has 0 spiro atoms. The number of carbonyl (C=O) groups is 1. The van der Waals surface area contributed by atoms with Crippen molar-refractivity contribution < 1.29 is 4.79 Å². The first kappa shape index (κ1) is 19.0. The van der Waals surface area contributed by atoms with Crippen molar-refractivity contribution in [3.05, 3.63) is 54.2 Å². The van der Waals surface area contributed by atoms with Crippen molar-refractivity contribution in [2.75, 3.05) is 31.1 Å². The highest BCUT2D eigenvalue weighted by Gasteiger charge is 2.18. The van der Waals surface area contributed by atoms with Gasteiger partial charge in [-0.3, -0.25) is 9.78 Å². The first-order valence-corrected chi connectivity index (χ1v) is 11.2. The van der Waals surface area contributed by atoms with Gasteiger partial charge in [0.2, 0.25) is 0 Å². The zero-order valence-electron chi connectivity index (χ0n) is 17.4. The number of nitrogens with zero attached hydrogens (tertiary/aromatic N) is 4. The maximum absolute atomic E-state index is 12.9. The Hall–Kier alpha value is -2.95. The third kappa shape index (κ3) is 3.89. The smallest absolute Gasteiger partial charge is 0.253 e. The van der Waals surface area contributed by atoms with E-state index in [4.69, 9.17) is 4.98 Å². The predicted molar refractivity (Wildman–Crippen MR) is 121 cm³/mol. The molecule has 5 nitrogen and oxygen atoms in total. The molecule has 3 aromatic rings. The van der Waals surface area contributed by atoms with Gasteiger partial charge < -0.3 is 9.80 Å². The van der Waals surface area contributed by atoms with Gasteiger partial charge in [-0.2, -0.15) is 0 Å². The van der Waals surface area contributed by atoms with E-state index in [2.05, 4.69) is 28.1 Å². The van der Waals surface area contributed by atoms with Gasteiger partial charge in [-0.25, -0.2) is 4.98 Å². The number of anilines is 1. The van der Waals surface area contributed by atoms with E-state index in [-0.39, 0.29) is 5.91 Å². The summed E-state index contributed by atoms with van der Waals surface area (Å²) >= 11 is 0. The maximum atomic E-state index is 12.9. The second-order valence-electron chi connectivity index (χ2n) is 8.41. The molecule has 154 valence electrons. The van der Waals surface area contributed by atoms with Crippen molar-refractivity contribution in [2.45, 2.75) is 38.5 Å². The van der Waals surface area contributed by atoms with Crippen LogP contribution in [0, 0.1) is 0 Å². The number of likely N-dealkylation sites (tertiary alicyclic amines) is 1. The third-order valence-electron chi connectivity index (χ3n) is 6.30. The highest BCUT2D eigenvalue weighted by atomic mass is 16.2. The van der Waals surface area contributed by atoms with Crippen molar-refractivity contribution >= 4 is 22.8 Å². The van der Waals surface area contributed by atoms with E-state index < -0.39 is 0 Å². The summed E-state index contributed by atoms with van der Waals surface area (Å²) in [5.41, 5.74) is 4.69. The molecule has 0 N–H and O–H groups in total. The molecule has 2 aliphatic rings. The second-order valence-corrected chi connectivity index (χ2v) is 8.41. The highest BCUT2D eigenvalue weighted by molar-refractivity contribution is 5.96. The number of hydrogen-bond acceptors (Lipinski definition) is 4. The molecule has 5 rings (SSSR count). The van der Waals surface area contributed by atoms with Crippen LogP contribution in [0.3, 0.4) is 0 Å². The first-order valence-electron chi connectivity index (χ1n) is 11.2. The molecule has 0 aliphatic carbocycles. The second kappa shape index (κ2) is 8.42. The normalized spacial score (nSPS) is 17.3. The van der Waals surface area contributed by atoms with Gasteiger partial charge >= 0.3 is 0 Å². The lowest BCUT2D eigenvalue weighted by Crippen LogP contribution is -2.35. The number of piperidine rings is 2. The molecule has 2 fully saturated rings. The largest absolute Gasteiger partial charge is 0.355 e. The van der Waals surface area contributed by atoms with Crippen LogP contribution in [0.4, 0.5) is 5.82 Å². The van der Waals surface area contributed by atoms with Crippen LogP contribution < -0.4 is 4.90 Å². The van der Waals surface area contributed by atoms with Crippen molar-refractivity contribution in [3.8, 4) is 11.1 Å². The van der Waals surface area contributed by atoms with Crippen molar-refractivity contribution in [1.29, 1.82) is 0 Å². The highest BCUT2D eigenvalue weighted by Crippen LogP contribution is 2.26. The van der Waals surface area contributed by atoms with Gasteiger partial charge in [0.05, 0.1) is 17.2 Å². The van der Waals surface area contributed by atoms with Crippen molar-refractivity contribution in [2.24, 2.45) is 0 Å². The van der Waals surface area contributed by atoms with Gasteiger partial charge in [-0.15, -0.1) is 0 Å². The average Bonchev–Trinajstić information content (AvgIpc) is 2.84. The Morgan fingerprint density at radius 3 is 2.30 bits per heavy atom. The minimum absolute atomic E-state index is 0.143. The lowest BCUT2D eigenvalue weighted by atomic mass is 10.0. The van der Waals surface area contributed by atoms with Crippen LogP contribution in [0.1, 0.15) is 48.9 Å². The van der Waals surface area contributed by atoms with Crippen LogP contribution in [-0.4, -0.2) is 47.0 Å². The van der Waals surface area contributed by atoms with Crippen molar-refractivity contribution in [1.82, 2.24) is 14.9 Å². The summed E-state index contributed by atoms with van der Waals surface area (Å²) < 4.78 is 0. The zero-order chi connectivity index (χ0) is 20.3. The van der Waals surface area contributed by atoms with Crippen LogP contribution in [-0.2, 0) is 0 Å². The van der Waals surface area contributed by atoms with E-state index >= 15 is 0 Å². The summed E-state index contributed by atoms with van der Waals surface area (Å²) in [6, 6.07) is 14.2. The molecule has 0 saturated carbocycles. The number of carbonyl (C=O) groups excluding carboxylic acids is 1. The lowest BCUT2D eigenvalue weighted by molar-refractivity contribution is 0.0724. The number of amides is 1. The van der Waals surface area contributed by atoms with Gasteiger partial charge in [0, 0.05) is 31.7 Å². The Balaban J connectivity index is 1.44. The molecule has 2 saturated heterocycles. The summed E-state index contributed by atoms with van der Waals surface area (Å²) in [6.45, 7) is 3.85. The molecule has 5 heteroatoms. The monoisotopic (exact) mass is 400 g/mol. The topological polar surface area (TPSA) is 49.3 Å². The molecular weight excluding hydrogens is 372 g/mol. The van der Waals surface area contributed by atoms with E-state index in [1.54, 1.807) is 0 Å². The standard InChI is InChI=1S/C25H28N4O/c30-25(29-14-5-2-6-15-29)21-9-7-8-19(16-21)20-10-11-22-23(17-20)27-24(18-26-22)28-12-3-1-4-13-28/h7-11,16-18H,1-6,12-15H2. The van der Waals surface area contributed by atoms with Crippen LogP contribution in [0.25, 0.3) is 22.2 Å². The van der Waals surface area contributed by atoms with E-state index in [0.717, 1.165) is 72.6 Å². The average molecular weight is 401 g/mol. The number of benzene rings is 2. The van der Waals surface area contributed by atoms with E-state index in [1.165, 1.54) is 25.7 Å². The summed E-state index contributed by atoms with van der Waals surface area (Å²) in [4.78, 5) is 26.8. The van der Waals surface area contributed by atoms with E-state index in [0.29, 0.717) is 0 Å². The Morgan fingerprint density at radius 1 is 0.767 bits per heavy atom. The molecule has 0 bridgehead atoms. The summed E-state index contributed by atoms with van der Waals surface area (Å²) in [5, 5.41) is 0. The van der Waals surface area contributed by atoms with Crippen molar-refractivity contribution in [3.63, 3.8) is 0 Å². The Kier molecular flexibility index (Phi) is 5.35. The van der Waals surface area contributed by atoms with E-state index in [9.17, 15) is 4.79 Å². The minimum atomic E-state index is 0.143. The zero-order valence-corrected chi connectivity index (χ0v) is 17.4. The van der Waals surface area contributed by atoms with Gasteiger partial charge in [0.15, 0.2) is 0 Å². The Labute approximate surface area is 177 Å². The predicted octanol–water partition coefficient (Wildman–Crippen LogP) is 4.91. The Bertz CT molecular complexity index is 1050. The fourth-order valence-electron chi connectivity index (χ4n) is 4.57. The molecule has 1 amide bonds. The van der Waals surface area contributed by atoms with Crippen LogP contribution in [0.5, 0.6) is 0 Å². The summed E-state index contributed by atoms with van der Waals surface area (Å²) in [6.07, 6.45) is 9.07. The quantitative estimate of drug-likeness (QED) is 0.627. The van der Waals surface area contributed by atoms with Gasteiger partial charge in [-0.1, -0.05) is 18.2 Å². The van der Waals surface area contributed by atoms with Crippen LogP contribution in [0.15, 0.2) is 48.7 Å². The maximum Gasteiger partial charge on any atom is 0.253 e. The fraction of sp³-hybridized carbons (Fsp3) is 0.400. The number of aromatic nitrogens is 2. The number of fused-ring (bicyclic) bond motifs is 1.